The van der Waals surface area contributed by atoms with Crippen LogP contribution in [0.25, 0.3) is 0 Å². The smallest absolute Gasteiger partial charge is 0.173 e. The number of rotatable bonds is 6. The van der Waals surface area contributed by atoms with Crippen LogP contribution in [0.4, 0.5) is 0 Å². The van der Waals surface area contributed by atoms with Gasteiger partial charge in [0.25, 0.3) is 0 Å². The Morgan fingerprint density at radius 1 is 1.47 bits per heavy atom. The molecule has 1 aromatic rings. The number of amidine groups is 1. The standard InChI is InChI=1S/C13H21N3O3/c1-13(2,8-17)15-7-9-4-5-11(19-3)10(6-9)12(14)16-18/h4-6,15,17-18H,7-8H2,1-3H3,(H2,14,16). The number of oxime groups is 1. The van der Waals surface area contributed by atoms with Crippen molar-refractivity contribution in [1.29, 1.82) is 0 Å². The molecule has 0 radical (unpaired) electrons. The van der Waals surface area contributed by atoms with Crippen LogP contribution in [-0.4, -0.2) is 35.4 Å². The summed E-state index contributed by atoms with van der Waals surface area (Å²) >= 11 is 0. The Bertz CT molecular complexity index is 458. The van der Waals surface area contributed by atoms with Crippen LogP contribution < -0.4 is 15.8 Å². The summed E-state index contributed by atoms with van der Waals surface area (Å²) in [6.45, 7) is 4.40. The molecule has 0 heterocycles. The molecule has 6 nitrogen and oxygen atoms in total. The van der Waals surface area contributed by atoms with E-state index in [4.69, 9.17) is 15.7 Å². The number of ether oxygens (including phenoxy) is 1. The average molecular weight is 267 g/mol. The summed E-state index contributed by atoms with van der Waals surface area (Å²) in [5, 5.41) is 24.1. The van der Waals surface area contributed by atoms with Gasteiger partial charge < -0.3 is 26.1 Å². The van der Waals surface area contributed by atoms with Crippen molar-refractivity contribution >= 4 is 5.84 Å². The van der Waals surface area contributed by atoms with Gasteiger partial charge in [0.05, 0.1) is 19.3 Å². The third-order valence-electron chi connectivity index (χ3n) is 2.81. The average Bonchev–Trinajstić information content (AvgIpc) is 2.44. The lowest BCUT2D eigenvalue weighted by atomic mass is 10.0. The third-order valence-corrected chi connectivity index (χ3v) is 2.81. The summed E-state index contributed by atoms with van der Waals surface area (Å²) in [5.74, 6) is 0.542. The van der Waals surface area contributed by atoms with Gasteiger partial charge in [-0.15, -0.1) is 0 Å². The fraction of sp³-hybridized carbons (Fsp3) is 0.462. The van der Waals surface area contributed by atoms with E-state index in [1.807, 2.05) is 19.9 Å². The van der Waals surface area contributed by atoms with Crippen molar-refractivity contribution < 1.29 is 15.1 Å². The predicted molar refractivity (Wildman–Crippen MR) is 73.5 cm³/mol. The fourth-order valence-corrected chi connectivity index (χ4v) is 1.52. The predicted octanol–water partition coefficient (Wildman–Crippen LogP) is 0.650. The Kier molecular flexibility index (Phi) is 5.14. The minimum Gasteiger partial charge on any atom is -0.496 e. The molecule has 1 rings (SSSR count). The molecule has 0 unspecified atom stereocenters. The van der Waals surface area contributed by atoms with E-state index < -0.39 is 0 Å². The van der Waals surface area contributed by atoms with Gasteiger partial charge >= 0.3 is 0 Å². The monoisotopic (exact) mass is 267 g/mol. The number of aliphatic hydroxyl groups excluding tert-OH is 1. The maximum Gasteiger partial charge on any atom is 0.173 e. The summed E-state index contributed by atoms with van der Waals surface area (Å²) in [4.78, 5) is 0. The van der Waals surface area contributed by atoms with Crippen LogP contribution in [0.1, 0.15) is 25.0 Å². The number of aliphatic hydroxyl groups is 1. The normalized spacial score (nSPS) is 12.5. The Hall–Kier alpha value is -1.79. The van der Waals surface area contributed by atoms with Gasteiger partial charge in [0.15, 0.2) is 5.84 Å². The number of benzene rings is 1. The van der Waals surface area contributed by atoms with Crippen LogP contribution in [0.2, 0.25) is 0 Å². The van der Waals surface area contributed by atoms with Crippen LogP contribution in [0.15, 0.2) is 23.4 Å². The minimum atomic E-state index is -0.364. The summed E-state index contributed by atoms with van der Waals surface area (Å²) in [6.07, 6.45) is 0. The van der Waals surface area contributed by atoms with Crippen molar-refractivity contribution in [3.8, 4) is 5.75 Å². The SMILES string of the molecule is COc1ccc(CNC(C)(C)CO)cc1C(N)=NO. The van der Waals surface area contributed by atoms with Gasteiger partial charge in [0, 0.05) is 12.1 Å². The highest BCUT2D eigenvalue weighted by atomic mass is 16.5. The number of nitrogens with zero attached hydrogens (tertiary/aromatic N) is 1. The molecule has 6 heteroatoms. The van der Waals surface area contributed by atoms with Gasteiger partial charge in [-0.1, -0.05) is 11.2 Å². The van der Waals surface area contributed by atoms with Gasteiger partial charge in [-0.25, -0.2) is 0 Å². The quantitative estimate of drug-likeness (QED) is 0.262. The van der Waals surface area contributed by atoms with Gasteiger partial charge in [0.2, 0.25) is 0 Å². The van der Waals surface area contributed by atoms with E-state index in [9.17, 15) is 5.11 Å². The van der Waals surface area contributed by atoms with Crippen LogP contribution in [0, 0.1) is 0 Å². The molecular weight excluding hydrogens is 246 g/mol. The van der Waals surface area contributed by atoms with Crippen molar-refractivity contribution in [3.05, 3.63) is 29.3 Å². The molecule has 1 aromatic carbocycles. The van der Waals surface area contributed by atoms with Gasteiger partial charge in [0.1, 0.15) is 5.75 Å². The van der Waals surface area contributed by atoms with E-state index in [0.717, 1.165) is 5.56 Å². The summed E-state index contributed by atoms with van der Waals surface area (Å²) in [7, 11) is 1.52. The van der Waals surface area contributed by atoms with E-state index in [2.05, 4.69) is 10.5 Å². The highest BCUT2D eigenvalue weighted by molar-refractivity contribution is 5.99. The third kappa shape index (κ3) is 4.11. The van der Waals surface area contributed by atoms with E-state index in [0.29, 0.717) is 17.9 Å². The highest BCUT2D eigenvalue weighted by Crippen LogP contribution is 2.20. The summed E-state index contributed by atoms with van der Waals surface area (Å²) < 4.78 is 5.16. The lowest BCUT2D eigenvalue weighted by molar-refractivity contribution is 0.187. The molecule has 5 N–H and O–H groups in total. The lowest BCUT2D eigenvalue weighted by Gasteiger charge is -2.23. The van der Waals surface area contributed by atoms with Crippen LogP contribution in [-0.2, 0) is 6.54 Å². The largest absolute Gasteiger partial charge is 0.496 e. The second kappa shape index (κ2) is 6.40. The number of methoxy groups -OCH3 is 1. The van der Waals surface area contributed by atoms with Crippen molar-refractivity contribution in [1.82, 2.24) is 5.32 Å². The maximum absolute atomic E-state index is 9.18. The van der Waals surface area contributed by atoms with E-state index in [1.54, 1.807) is 12.1 Å². The molecule has 0 aromatic heterocycles. The number of nitrogens with one attached hydrogen (secondary N) is 1. The molecule has 19 heavy (non-hydrogen) atoms. The molecule has 0 bridgehead atoms. The van der Waals surface area contributed by atoms with Gasteiger partial charge in [-0.3, -0.25) is 0 Å². The van der Waals surface area contributed by atoms with E-state index in [1.165, 1.54) is 7.11 Å². The Balaban J connectivity index is 2.93. The van der Waals surface area contributed by atoms with Crippen molar-refractivity contribution in [2.45, 2.75) is 25.9 Å². The number of nitrogens with two attached hydrogens (primary N) is 1. The van der Waals surface area contributed by atoms with Crippen LogP contribution in [0.5, 0.6) is 5.75 Å². The Morgan fingerprint density at radius 3 is 2.68 bits per heavy atom. The lowest BCUT2D eigenvalue weighted by Crippen LogP contribution is -2.42. The molecular formula is C13H21N3O3. The van der Waals surface area contributed by atoms with Gasteiger partial charge in [-0.05, 0) is 31.5 Å². The second-order valence-corrected chi connectivity index (χ2v) is 4.92. The van der Waals surface area contributed by atoms with E-state index >= 15 is 0 Å². The summed E-state index contributed by atoms with van der Waals surface area (Å²) in [6, 6.07) is 5.43. The zero-order valence-corrected chi connectivity index (χ0v) is 11.5. The molecule has 0 saturated carbocycles. The molecule has 0 amide bonds. The van der Waals surface area contributed by atoms with Crippen LogP contribution in [0.3, 0.4) is 0 Å². The van der Waals surface area contributed by atoms with Crippen molar-refractivity contribution in [2.24, 2.45) is 10.9 Å². The maximum atomic E-state index is 9.18. The zero-order valence-electron chi connectivity index (χ0n) is 11.5. The molecule has 0 aliphatic carbocycles. The van der Waals surface area contributed by atoms with Gasteiger partial charge in [-0.2, -0.15) is 0 Å². The molecule has 0 aliphatic rings. The molecule has 0 aliphatic heterocycles. The Morgan fingerprint density at radius 2 is 2.16 bits per heavy atom. The molecule has 0 fully saturated rings. The zero-order chi connectivity index (χ0) is 14.5. The van der Waals surface area contributed by atoms with Crippen LogP contribution >= 0.6 is 0 Å². The Labute approximate surface area is 112 Å². The number of hydrogen-bond acceptors (Lipinski definition) is 5. The first-order valence-corrected chi connectivity index (χ1v) is 5.94. The fourth-order valence-electron chi connectivity index (χ4n) is 1.52. The van der Waals surface area contributed by atoms with Crippen molar-refractivity contribution in [2.75, 3.05) is 13.7 Å². The first kappa shape index (κ1) is 15.3. The molecule has 0 saturated heterocycles. The van der Waals surface area contributed by atoms with E-state index in [-0.39, 0.29) is 18.0 Å². The molecule has 0 spiro atoms. The molecule has 0 atom stereocenters. The minimum absolute atomic E-state index is 0.000110. The number of hydrogen-bond donors (Lipinski definition) is 4. The first-order valence-electron chi connectivity index (χ1n) is 5.94. The highest BCUT2D eigenvalue weighted by Gasteiger charge is 2.15. The second-order valence-electron chi connectivity index (χ2n) is 4.92. The topological polar surface area (TPSA) is 100 Å². The van der Waals surface area contributed by atoms with Crippen molar-refractivity contribution in [3.63, 3.8) is 0 Å². The first-order chi connectivity index (χ1) is 8.93. The summed E-state index contributed by atoms with van der Waals surface area (Å²) in [5.41, 5.74) is 6.72. The molecule has 106 valence electrons.